The second-order valence-corrected chi connectivity index (χ2v) is 8.47. The number of likely N-dealkylation sites (tertiary alicyclic amines) is 1. The number of nitrogens with zero attached hydrogens (tertiary/aromatic N) is 4. The van der Waals surface area contributed by atoms with Crippen molar-refractivity contribution in [3.63, 3.8) is 0 Å². The summed E-state index contributed by atoms with van der Waals surface area (Å²) in [5.74, 6) is -0.0800. The molecule has 3 aromatic rings. The number of aromatic nitrogens is 3. The quantitative estimate of drug-likeness (QED) is 0.621. The Morgan fingerprint density at radius 3 is 2.56 bits per heavy atom. The van der Waals surface area contributed by atoms with Crippen molar-refractivity contribution in [2.75, 3.05) is 13.1 Å². The lowest BCUT2D eigenvalue weighted by molar-refractivity contribution is -0.122. The van der Waals surface area contributed by atoms with Crippen LogP contribution in [0, 0.1) is 6.92 Å². The number of aryl methyl sites for hydroxylation is 1. The van der Waals surface area contributed by atoms with Crippen molar-refractivity contribution < 1.29 is 9.59 Å². The highest BCUT2D eigenvalue weighted by atomic mass is 35.5. The van der Waals surface area contributed by atoms with Gasteiger partial charge in [-0.2, -0.15) is 0 Å². The molecule has 1 fully saturated rings. The van der Waals surface area contributed by atoms with Crippen molar-refractivity contribution in [1.29, 1.82) is 0 Å². The van der Waals surface area contributed by atoms with Crippen molar-refractivity contribution in [2.24, 2.45) is 0 Å². The highest BCUT2D eigenvalue weighted by molar-refractivity contribution is 6.30. The van der Waals surface area contributed by atoms with Gasteiger partial charge in [-0.25, -0.2) is 4.68 Å². The summed E-state index contributed by atoms with van der Waals surface area (Å²) in [6.07, 6.45) is 2.65. The largest absolute Gasteiger partial charge is 0.353 e. The Morgan fingerprint density at radius 2 is 1.84 bits per heavy atom. The van der Waals surface area contributed by atoms with Gasteiger partial charge in [-0.05, 0) is 49.9 Å². The molecule has 0 atom stereocenters. The molecule has 4 rings (SSSR count). The first kappa shape index (κ1) is 22.0. The van der Waals surface area contributed by atoms with Crippen LogP contribution in [0.3, 0.4) is 0 Å². The van der Waals surface area contributed by atoms with Crippen molar-refractivity contribution in [3.8, 4) is 5.69 Å². The van der Waals surface area contributed by atoms with Crippen molar-refractivity contribution in [2.45, 2.75) is 38.6 Å². The Hall–Kier alpha value is -3.19. The molecule has 0 aliphatic carbocycles. The third kappa shape index (κ3) is 5.16. The van der Waals surface area contributed by atoms with E-state index in [1.165, 1.54) is 0 Å². The lowest BCUT2D eigenvalue weighted by atomic mass is 10.0. The summed E-state index contributed by atoms with van der Waals surface area (Å²) in [7, 11) is 0. The zero-order valence-electron chi connectivity index (χ0n) is 18.0. The third-order valence-electron chi connectivity index (χ3n) is 5.78. The molecule has 166 valence electrons. The number of hydrogen-bond acceptors (Lipinski definition) is 4. The zero-order chi connectivity index (χ0) is 22.5. The Bertz CT molecular complexity index is 1090. The molecule has 0 saturated carbocycles. The number of rotatable bonds is 6. The predicted molar refractivity (Wildman–Crippen MR) is 123 cm³/mol. The van der Waals surface area contributed by atoms with E-state index >= 15 is 0 Å². The fraction of sp³-hybridized carbons (Fsp3) is 0.333. The summed E-state index contributed by atoms with van der Waals surface area (Å²) >= 11 is 6.07. The average molecular weight is 452 g/mol. The lowest BCUT2D eigenvalue weighted by Crippen LogP contribution is -2.46. The maximum atomic E-state index is 13.0. The second kappa shape index (κ2) is 9.96. The molecule has 0 bridgehead atoms. The molecule has 2 amide bonds. The van der Waals surface area contributed by atoms with Crippen LogP contribution in [0.25, 0.3) is 5.69 Å². The summed E-state index contributed by atoms with van der Waals surface area (Å²) in [4.78, 5) is 27.1. The molecule has 2 heterocycles. The van der Waals surface area contributed by atoms with Crippen LogP contribution in [0.1, 0.15) is 41.0 Å². The first-order chi connectivity index (χ1) is 15.5. The van der Waals surface area contributed by atoms with Gasteiger partial charge in [0, 0.05) is 30.6 Å². The molecule has 7 nitrogen and oxygen atoms in total. The van der Waals surface area contributed by atoms with Crippen molar-refractivity contribution >= 4 is 23.4 Å². The molecule has 1 N–H and O–H groups in total. The molecular formula is C24H26ClN5O2. The van der Waals surface area contributed by atoms with Gasteiger partial charge in [0.2, 0.25) is 5.91 Å². The number of halogens is 1. The third-order valence-corrected chi connectivity index (χ3v) is 6.02. The van der Waals surface area contributed by atoms with E-state index in [9.17, 15) is 9.59 Å². The molecule has 0 spiro atoms. The van der Waals surface area contributed by atoms with Gasteiger partial charge in [0.1, 0.15) is 0 Å². The topological polar surface area (TPSA) is 80.1 Å². The van der Waals surface area contributed by atoms with E-state index < -0.39 is 0 Å². The minimum absolute atomic E-state index is 0.0546. The molecular weight excluding hydrogens is 426 g/mol. The summed E-state index contributed by atoms with van der Waals surface area (Å²) in [5.41, 5.74) is 2.94. The SMILES string of the molecule is Cc1c(C(=O)N2CCC(NC(=O)CCc3ccccc3)CC2)nnn1-c1cccc(Cl)c1. The summed E-state index contributed by atoms with van der Waals surface area (Å²) in [5, 5.41) is 12.0. The highest BCUT2D eigenvalue weighted by Crippen LogP contribution is 2.19. The van der Waals surface area contributed by atoms with Gasteiger partial charge in [-0.15, -0.1) is 5.10 Å². The van der Waals surface area contributed by atoms with Crippen LogP contribution in [0.2, 0.25) is 5.02 Å². The van der Waals surface area contributed by atoms with Crippen LogP contribution >= 0.6 is 11.6 Å². The Labute approximate surface area is 192 Å². The van der Waals surface area contributed by atoms with Crippen LogP contribution in [-0.2, 0) is 11.2 Å². The minimum atomic E-state index is -0.135. The summed E-state index contributed by atoms with van der Waals surface area (Å²) in [6, 6.07) is 17.3. The van der Waals surface area contributed by atoms with E-state index in [2.05, 4.69) is 15.6 Å². The Morgan fingerprint density at radius 1 is 1.09 bits per heavy atom. The van der Waals surface area contributed by atoms with Gasteiger partial charge in [0.15, 0.2) is 5.69 Å². The first-order valence-electron chi connectivity index (χ1n) is 10.8. The number of carbonyl (C=O) groups excluding carboxylic acids is 2. The van der Waals surface area contributed by atoms with Gasteiger partial charge in [0.05, 0.1) is 11.4 Å². The van der Waals surface area contributed by atoms with Crippen molar-refractivity contribution in [3.05, 3.63) is 76.6 Å². The molecule has 1 aromatic heterocycles. The number of piperidine rings is 1. The number of carbonyl (C=O) groups is 2. The van der Waals surface area contributed by atoms with Gasteiger partial charge in [-0.3, -0.25) is 9.59 Å². The Kier molecular flexibility index (Phi) is 6.85. The number of amides is 2. The van der Waals surface area contributed by atoms with E-state index in [0.717, 1.165) is 30.5 Å². The second-order valence-electron chi connectivity index (χ2n) is 8.03. The van der Waals surface area contributed by atoms with E-state index in [0.29, 0.717) is 35.9 Å². The molecule has 8 heteroatoms. The van der Waals surface area contributed by atoms with Crippen molar-refractivity contribution in [1.82, 2.24) is 25.2 Å². The summed E-state index contributed by atoms with van der Waals surface area (Å²) < 4.78 is 1.62. The first-order valence-corrected chi connectivity index (χ1v) is 11.2. The number of nitrogens with one attached hydrogen (secondary N) is 1. The van der Waals surface area contributed by atoms with E-state index in [1.807, 2.05) is 49.4 Å². The van der Waals surface area contributed by atoms with Gasteiger partial charge >= 0.3 is 0 Å². The fourth-order valence-electron chi connectivity index (χ4n) is 3.96. The molecule has 0 unspecified atom stereocenters. The van der Waals surface area contributed by atoms with Gasteiger partial charge in [-0.1, -0.05) is 53.2 Å². The maximum absolute atomic E-state index is 13.0. The molecule has 32 heavy (non-hydrogen) atoms. The monoisotopic (exact) mass is 451 g/mol. The normalized spacial score (nSPS) is 14.4. The minimum Gasteiger partial charge on any atom is -0.353 e. The lowest BCUT2D eigenvalue weighted by Gasteiger charge is -2.32. The van der Waals surface area contributed by atoms with E-state index in [-0.39, 0.29) is 17.9 Å². The Balaban J connectivity index is 1.30. The standard InChI is InChI=1S/C24H26ClN5O2/c1-17-23(27-28-30(17)21-9-5-8-19(25)16-21)24(32)29-14-12-20(13-15-29)26-22(31)11-10-18-6-3-2-4-7-18/h2-9,16,20H,10-15H2,1H3,(H,26,31). The fourth-order valence-corrected chi connectivity index (χ4v) is 4.14. The molecule has 1 aliphatic heterocycles. The van der Waals surface area contributed by atoms with E-state index in [4.69, 9.17) is 11.6 Å². The van der Waals surface area contributed by atoms with Crippen LogP contribution in [0.15, 0.2) is 54.6 Å². The van der Waals surface area contributed by atoms with E-state index in [1.54, 1.807) is 21.7 Å². The number of hydrogen-bond donors (Lipinski definition) is 1. The van der Waals surface area contributed by atoms with Gasteiger partial charge < -0.3 is 10.2 Å². The maximum Gasteiger partial charge on any atom is 0.276 e. The smallest absolute Gasteiger partial charge is 0.276 e. The zero-order valence-corrected chi connectivity index (χ0v) is 18.8. The molecule has 1 aliphatic rings. The molecule has 2 aromatic carbocycles. The van der Waals surface area contributed by atoms with Crippen LogP contribution < -0.4 is 5.32 Å². The molecule has 0 radical (unpaired) electrons. The average Bonchev–Trinajstić information content (AvgIpc) is 3.19. The predicted octanol–water partition coefficient (Wildman–Crippen LogP) is 3.58. The number of benzene rings is 2. The van der Waals surface area contributed by atoms with Crippen LogP contribution in [0.5, 0.6) is 0 Å². The highest BCUT2D eigenvalue weighted by Gasteiger charge is 2.28. The van der Waals surface area contributed by atoms with Crippen LogP contribution in [-0.4, -0.2) is 50.8 Å². The molecule has 1 saturated heterocycles. The van der Waals surface area contributed by atoms with Gasteiger partial charge in [0.25, 0.3) is 5.91 Å². The van der Waals surface area contributed by atoms with Crippen LogP contribution in [0.4, 0.5) is 0 Å². The summed E-state index contributed by atoms with van der Waals surface area (Å²) in [6.45, 7) is 2.98.